The summed E-state index contributed by atoms with van der Waals surface area (Å²) in [6.07, 6.45) is 1.80. The Morgan fingerprint density at radius 3 is 3.05 bits per heavy atom. The van der Waals surface area contributed by atoms with Crippen molar-refractivity contribution < 1.29 is 4.74 Å². The lowest BCUT2D eigenvalue weighted by Gasteiger charge is -2.38. The maximum absolute atomic E-state index is 5.48. The summed E-state index contributed by atoms with van der Waals surface area (Å²) in [7, 11) is 0. The summed E-state index contributed by atoms with van der Waals surface area (Å²) in [4.78, 5) is 11.3. The monoisotopic (exact) mass is 264 g/mol. The summed E-state index contributed by atoms with van der Waals surface area (Å²) < 4.78 is 5.48. The molecule has 1 N–H and O–H groups in total. The number of morpholine rings is 1. The topological polar surface area (TPSA) is 50.3 Å². The van der Waals surface area contributed by atoms with E-state index in [1.165, 1.54) is 0 Å². The molecule has 0 amide bonds. The molecule has 2 rings (SSSR count). The highest BCUT2D eigenvalue weighted by atomic mass is 16.5. The Bertz CT molecular complexity index is 424. The van der Waals surface area contributed by atoms with Crippen LogP contribution in [0.1, 0.15) is 25.2 Å². The van der Waals surface area contributed by atoms with Crippen LogP contribution in [0.2, 0.25) is 0 Å². The van der Waals surface area contributed by atoms with Crippen molar-refractivity contribution in [2.75, 3.05) is 31.6 Å². The lowest BCUT2D eigenvalue weighted by molar-refractivity contribution is -0.0159. The molecule has 1 saturated heterocycles. The van der Waals surface area contributed by atoms with Gasteiger partial charge in [-0.15, -0.1) is 0 Å². The van der Waals surface area contributed by atoms with E-state index in [-0.39, 0.29) is 0 Å². The molecule has 0 unspecified atom stereocenters. The van der Waals surface area contributed by atoms with Gasteiger partial charge < -0.3 is 10.1 Å². The van der Waals surface area contributed by atoms with Crippen LogP contribution in [0.5, 0.6) is 0 Å². The average Bonchev–Trinajstić information content (AvgIpc) is 2.40. The van der Waals surface area contributed by atoms with E-state index >= 15 is 0 Å². The van der Waals surface area contributed by atoms with Crippen LogP contribution in [0.4, 0.5) is 5.82 Å². The molecule has 0 spiro atoms. The average molecular weight is 264 g/mol. The number of hydrogen-bond donors (Lipinski definition) is 1. The number of hydrogen-bond acceptors (Lipinski definition) is 5. The number of ether oxygens (including phenoxy) is 1. The van der Waals surface area contributed by atoms with Crippen LogP contribution in [-0.2, 0) is 4.74 Å². The summed E-state index contributed by atoms with van der Waals surface area (Å²) in [5.41, 5.74) is 1.90. The van der Waals surface area contributed by atoms with Crippen molar-refractivity contribution in [3.05, 3.63) is 17.6 Å². The van der Waals surface area contributed by atoms with E-state index in [1.54, 1.807) is 6.20 Å². The molecule has 0 saturated carbocycles. The first-order chi connectivity index (χ1) is 9.08. The van der Waals surface area contributed by atoms with Crippen LogP contribution in [0, 0.1) is 13.8 Å². The van der Waals surface area contributed by atoms with Crippen molar-refractivity contribution in [3.8, 4) is 0 Å². The fraction of sp³-hybridized carbons (Fsp3) is 0.714. The number of aryl methyl sites for hydroxylation is 2. The zero-order chi connectivity index (χ0) is 13.8. The second kappa shape index (κ2) is 6.30. The fourth-order valence-corrected chi connectivity index (χ4v) is 2.46. The molecule has 1 aromatic rings. The summed E-state index contributed by atoms with van der Waals surface area (Å²) in [6.45, 7) is 11.9. The fourth-order valence-electron chi connectivity index (χ4n) is 2.46. The summed E-state index contributed by atoms with van der Waals surface area (Å²) in [5.74, 6) is 0.896. The van der Waals surface area contributed by atoms with Gasteiger partial charge in [-0.1, -0.05) is 0 Å². The normalized spacial score (nSPS) is 22.2. The van der Waals surface area contributed by atoms with Gasteiger partial charge in [-0.2, -0.15) is 0 Å². The zero-order valence-electron chi connectivity index (χ0n) is 12.3. The molecule has 0 aromatic carbocycles. The van der Waals surface area contributed by atoms with E-state index in [4.69, 9.17) is 4.74 Å². The van der Waals surface area contributed by atoms with Crippen molar-refractivity contribution in [2.24, 2.45) is 0 Å². The largest absolute Gasteiger partial charge is 0.379 e. The van der Waals surface area contributed by atoms with E-state index in [0.29, 0.717) is 12.1 Å². The molecule has 19 heavy (non-hydrogen) atoms. The molecule has 1 aliphatic heterocycles. The maximum atomic E-state index is 5.48. The van der Waals surface area contributed by atoms with Crippen molar-refractivity contribution in [3.63, 3.8) is 0 Å². The van der Waals surface area contributed by atoms with Gasteiger partial charge in [-0.3, -0.25) is 9.88 Å². The van der Waals surface area contributed by atoms with Crippen molar-refractivity contribution >= 4 is 5.82 Å². The number of nitrogens with one attached hydrogen (secondary N) is 1. The predicted molar refractivity (Wildman–Crippen MR) is 76.4 cm³/mol. The minimum absolute atomic E-state index is 0.459. The highest BCUT2D eigenvalue weighted by Crippen LogP contribution is 2.13. The first-order valence-corrected chi connectivity index (χ1v) is 6.95. The Morgan fingerprint density at radius 2 is 2.32 bits per heavy atom. The van der Waals surface area contributed by atoms with Crippen LogP contribution in [0.3, 0.4) is 0 Å². The van der Waals surface area contributed by atoms with Crippen molar-refractivity contribution in [2.45, 2.75) is 39.8 Å². The smallest absolute Gasteiger partial charge is 0.147 e. The van der Waals surface area contributed by atoms with Crippen LogP contribution < -0.4 is 5.32 Å². The second-order valence-corrected chi connectivity index (χ2v) is 5.34. The molecule has 1 aromatic heterocycles. The van der Waals surface area contributed by atoms with Gasteiger partial charge in [0.1, 0.15) is 5.82 Å². The van der Waals surface area contributed by atoms with Crippen LogP contribution in [0.15, 0.2) is 6.20 Å². The maximum Gasteiger partial charge on any atom is 0.147 e. The molecular weight excluding hydrogens is 240 g/mol. The third kappa shape index (κ3) is 3.64. The molecule has 0 radical (unpaired) electrons. The summed E-state index contributed by atoms with van der Waals surface area (Å²) in [6, 6.07) is 0.941. The van der Waals surface area contributed by atoms with Crippen molar-refractivity contribution in [1.29, 1.82) is 0 Å². The van der Waals surface area contributed by atoms with Gasteiger partial charge >= 0.3 is 0 Å². The summed E-state index contributed by atoms with van der Waals surface area (Å²) in [5, 5.41) is 3.42. The van der Waals surface area contributed by atoms with Gasteiger partial charge in [0.25, 0.3) is 0 Å². The number of rotatable bonds is 4. The quantitative estimate of drug-likeness (QED) is 0.895. The van der Waals surface area contributed by atoms with Crippen LogP contribution in [-0.4, -0.2) is 53.3 Å². The molecule has 0 aliphatic carbocycles. The number of anilines is 1. The van der Waals surface area contributed by atoms with Crippen LogP contribution >= 0.6 is 0 Å². The Balaban J connectivity index is 1.92. The van der Waals surface area contributed by atoms with Crippen molar-refractivity contribution in [1.82, 2.24) is 14.9 Å². The first kappa shape index (κ1) is 14.2. The first-order valence-electron chi connectivity index (χ1n) is 6.95. The Morgan fingerprint density at radius 1 is 1.53 bits per heavy atom. The Hall–Kier alpha value is -1.20. The van der Waals surface area contributed by atoms with Gasteiger partial charge in [-0.05, 0) is 27.7 Å². The molecule has 1 fully saturated rings. The standard InChI is InChI=1S/C14H24N4O/c1-10-7-15-13(4)14(17-10)16-8-11(2)18-5-6-19-9-12(18)3/h7,11-12H,5-6,8-9H2,1-4H3,(H,16,17)/t11-,12-/m0/s1. The van der Waals surface area contributed by atoms with Gasteiger partial charge in [0.15, 0.2) is 0 Å². The van der Waals surface area contributed by atoms with E-state index in [2.05, 4.69) is 34.0 Å². The molecule has 2 heterocycles. The minimum atomic E-state index is 0.459. The van der Waals surface area contributed by atoms with Gasteiger partial charge in [0.2, 0.25) is 0 Å². The minimum Gasteiger partial charge on any atom is -0.379 e. The van der Waals surface area contributed by atoms with Crippen LogP contribution in [0.25, 0.3) is 0 Å². The highest BCUT2D eigenvalue weighted by molar-refractivity contribution is 5.39. The third-order valence-electron chi connectivity index (χ3n) is 3.63. The predicted octanol–water partition coefficient (Wildman–Crippen LogP) is 1.61. The molecule has 1 aliphatic rings. The SMILES string of the molecule is Cc1cnc(C)c(NC[C@H](C)N2CCOC[C@@H]2C)n1. The Labute approximate surface area is 115 Å². The van der Waals surface area contributed by atoms with Gasteiger partial charge in [-0.25, -0.2) is 4.98 Å². The van der Waals surface area contributed by atoms with E-state index in [9.17, 15) is 0 Å². The molecule has 5 heteroatoms. The molecule has 106 valence electrons. The molecule has 0 bridgehead atoms. The molecule has 2 atom stereocenters. The van der Waals surface area contributed by atoms with Gasteiger partial charge in [0, 0.05) is 31.4 Å². The second-order valence-electron chi connectivity index (χ2n) is 5.34. The van der Waals surface area contributed by atoms with E-state index in [0.717, 1.165) is 43.5 Å². The molecule has 5 nitrogen and oxygen atoms in total. The lowest BCUT2D eigenvalue weighted by Crippen LogP contribution is -2.50. The molecular formula is C14H24N4O. The van der Waals surface area contributed by atoms with Gasteiger partial charge in [0.05, 0.1) is 24.6 Å². The lowest BCUT2D eigenvalue weighted by atomic mass is 10.2. The Kier molecular flexibility index (Phi) is 4.71. The third-order valence-corrected chi connectivity index (χ3v) is 3.63. The summed E-state index contributed by atoms with van der Waals surface area (Å²) >= 11 is 0. The van der Waals surface area contributed by atoms with E-state index in [1.807, 2.05) is 13.8 Å². The zero-order valence-corrected chi connectivity index (χ0v) is 12.3. The highest BCUT2D eigenvalue weighted by Gasteiger charge is 2.23. The number of nitrogens with zero attached hydrogens (tertiary/aromatic N) is 3. The van der Waals surface area contributed by atoms with E-state index < -0.39 is 0 Å². The number of aromatic nitrogens is 2.